The summed E-state index contributed by atoms with van der Waals surface area (Å²) in [5.41, 5.74) is 2.65. The molecule has 4 aromatic rings. The second-order valence-corrected chi connectivity index (χ2v) is 10.1. The molecule has 9 heteroatoms. The molecule has 1 fully saturated rings. The number of thiazole rings is 1. The number of hydrogen-bond acceptors (Lipinski definition) is 6. The first-order valence-corrected chi connectivity index (χ1v) is 11.8. The highest BCUT2D eigenvalue weighted by Crippen LogP contribution is 2.37. The molecule has 0 spiro atoms. The van der Waals surface area contributed by atoms with Crippen molar-refractivity contribution in [3.05, 3.63) is 61.1 Å². The molecule has 1 aliphatic heterocycles. The van der Waals surface area contributed by atoms with Crippen molar-refractivity contribution in [3.8, 4) is 16.4 Å². The Balaban J connectivity index is 1.47. The van der Waals surface area contributed by atoms with Gasteiger partial charge in [-0.05, 0) is 12.1 Å². The first kappa shape index (κ1) is 20.2. The molecule has 0 radical (unpaired) electrons. The van der Waals surface area contributed by atoms with Gasteiger partial charge in [-0.3, -0.25) is 4.57 Å². The third-order valence-electron chi connectivity index (χ3n) is 5.48. The Hall–Kier alpha value is -2.72. The van der Waals surface area contributed by atoms with Gasteiger partial charge in [0.25, 0.3) is 0 Å². The first-order chi connectivity index (χ1) is 15.1. The Bertz CT molecular complexity index is 1230. The number of hydrogen-bond donors (Lipinski definition) is 1. The molecule has 1 atom stereocenters. The molecular formula is C22H19N3O4S2. The number of carbonyl (C=O) groups is 1. The van der Waals surface area contributed by atoms with Gasteiger partial charge in [0, 0.05) is 41.8 Å². The Morgan fingerprint density at radius 3 is 2.71 bits per heavy atom. The predicted molar refractivity (Wildman–Crippen MR) is 119 cm³/mol. The number of nitrogens with zero attached hydrogens (tertiary/aromatic N) is 3. The van der Waals surface area contributed by atoms with Crippen LogP contribution in [0, 0.1) is 0 Å². The van der Waals surface area contributed by atoms with Gasteiger partial charge in [0.05, 0.1) is 29.1 Å². The van der Waals surface area contributed by atoms with E-state index in [-0.39, 0.29) is 12.8 Å². The Labute approximate surface area is 185 Å². The number of aromatic nitrogens is 3. The van der Waals surface area contributed by atoms with Gasteiger partial charge in [0.2, 0.25) is 4.75 Å². The van der Waals surface area contributed by atoms with E-state index in [0.29, 0.717) is 18.1 Å². The molecular weight excluding hydrogens is 434 g/mol. The van der Waals surface area contributed by atoms with E-state index in [1.807, 2.05) is 41.1 Å². The fraction of sp³-hybridized carbons (Fsp3) is 0.227. The maximum Gasteiger partial charge on any atom is 0.360 e. The monoisotopic (exact) mass is 453 g/mol. The fourth-order valence-electron chi connectivity index (χ4n) is 3.71. The minimum absolute atomic E-state index is 0.234. The number of fused-ring (bicyclic) bond motifs is 1. The van der Waals surface area contributed by atoms with Crippen LogP contribution in [0.4, 0.5) is 0 Å². The van der Waals surface area contributed by atoms with E-state index >= 15 is 0 Å². The summed E-state index contributed by atoms with van der Waals surface area (Å²) in [6, 6.07) is 15.2. The lowest BCUT2D eigenvalue weighted by Gasteiger charge is -2.34. The van der Waals surface area contributed by atoms with Crippen LogP contribution in [0.15, 0.2) is 66.0 Å². The van der Waals surface area contributed by atoms with E-state index in [0.717, 1.165) is 26.6 Å². The van der Waals surface area contributed by atoms with Crippen LogP contribution < -0.4 is 0 Å². The molecule has 1 N–H and O–H groups in total. The molecule has 0 aliphatic carbocycles. The van der Waals surface area contributed by atoms with Gasteiger partial charge in [-0.1, -0.05) is 41.7 Å². The van der Waals surface area contributed by atoms with E-state index in [2.05, 4.69) is 9.97 Å². The summed E-state index contributed by atoms with van der Waals surface area (Å²) in [4.78, 5) is 21.6. The SMILES string of the molecule is O=C(O)C1([S+]([O-])c2ccc3nc(-n4cnc(-c5ccccc5)c4)sc3c2)CCOCC1. The van der Waals surface area contributed by atoms with Crippen LogP contribution in [0.1, 0.15) is 12.8 Å². The van der Waals surface area contributed by atoms with Gasteiger partial charge in [0.15, 0.2) is 10.0 Å². The van der Waals surface area contributed by atoms with E-state index in [9.17, 15) is 14.5 Å². The van der Waals surface area contributed by atoms with Crippen LogP contribution in [0.3, 0.4) is 0 Å². The van der Waals surface area contributed by atoms with Crippen LogP contribution in [-0.4, -0.2) is 48.1 Å². The molecule has 2 aromatic carbocycles. The first-order valence-electron chi connectivity index (χ1n) is 9.80. The third-order valence-corrected chi connectivity index (χ3v) is 8.49. The number of imidazole rings is 1. The Morgan fingerprint density at radius 1 is 1.19 bits per heavy atom. The molecule has 0 saturated carbocycles. The molecule has 1 unspecified atom stereocenters. The maximum atomic E-state index is 13.3. The number of aliphatic carboxylic acids is 1. The van der Waals surface area contributed by atoms with Crippen molar-refractivity contribution in [2.45, 2.75) is 22.5 Å². The van der Waals surface area contributed by atoms with Crippen molar-refractivity contribution in [1.82, 2.24) is 14.5 Å². The molecule has 31 heavy (non-hydrogen) atoms. The zero-order valence-electron chi connectivity index (χ0n) is 16.4. The molecule has 0 amide bonds. The summed E-state index contributed by atoms with van der Waals surface area (Å²) in [6.07, 6.45) is 4.12. The van der Waals surface area contributed by atoms with Crippen LogP contribution in [-0.2, 0) is 20.7 Å². The smallest absolute Gasteiger partial charge is 0.360 e. The average molecular weight is 454 g/mol. The van der Waals surface area contributed by atoms with Gasteiger partial charge in [0.1, 0.15) is 6.33 Å². The van der Waals surface area contributed by atoms with Crippen LogP contribution in [0.5, 0.6) is 0 Å². The van der Waals surface area contributed by atoms with Crippen molar-refractivity contribution in [2.75, 3.05) is 13.2 Å². The highest BCUT2D eigenvalue weighted by Gasteiger charge is 2.52. The average Bonchev–Trinajstić information content (AvgIpc) is 3.46. The normalized spacial score (nSPS) is 16.9. The summed E-state index contributed by atoms with van der Waals surface area (Å²) >= 11 is -0.241. The predicted octanol–water partition coefficient (Wildman–Crippen LogP) is 3.89. The van der Waals surface area contributed by atoms with Crippen molar-refractivity contribution in [2.24, 2.45) is 0 Å². The summed E-state index contributed by atoms with van der Waals surface area (Å²) < 4.78 is 20.0. The Kier molecular flexibility index (Phi) is 5.27. The summed E-state index contributed by atoms with van der Waals surface area (Å²) in [5, 5.41) is 10.6. The second kappa shape index (κ2) is 8.08. The molecule has 2 aromatic heterocycles. The van der Waals surface area contributed by atoms with Crippen molar-refractivity contribution in [3.63, 3.8) is 0 Å². The lowest BCUT2D eigenvalue weighted by molar-refractivity contribution is -0.142. The molecule has 1 aliphatic rings. The number of rotatable bonds is 5. The van der Waals surface area contributed by atoms with Crippen molar-refractivity contribution < 1.29 is 19.2 Å². The lowest BCUT2D eigenvalue weighted by Crippen LogP contribution is -2.50. The highest BCUT2D eigenvalue weighted by atomic mass is 32.2. The molecule has 7 nitrogen and oxygen atoms in total. The highest BCUT2D eigenvalue weighted by molar-refractivity contribution is 7.93. The molecule has 158 valence electrons. The maximum absolute atomic E-state index is 13.3. The minimum atomic E-state index is -1.69. The molecule has 1 saturated heterocycles. The zero-order chi connectivity index (χ0) is 21.4. The second-order valence-electron chi connectivity index (χ2n) is 7.34. The van der Waals surface area contributed by atoms with E-state index in [1.54, 1.807) is 24.5 Å². The van der Waals surface area contributed by atoms with Crippen LogP contribution in [0.2, 0.25) is 0 Å². The Morgan fingerprint density at radius 2 is 1.97 bits per heavy atom. The summed E-state index contributed by atoms with van der Waals surface area (Å²) in [5.74, 6) is -1.04. The van der Waals surface area contributed by atoms with Crippen LogP contribution in [0.25, 0.3) is 26.6 Å². The topological polar surface area (TPSA) is 100 Å². The van der Waals surface area contributed by atoms with Gasteiger partial charge in [-0.2, -0.15) is 0 Å². The third kappa shape index (κ3) is 3.63. The van der Waals surface area contributed by atoms with Crippen molar-refractivity contribution >= 4 is 38.7 Å². The van der Waals surface area contributed by atoms with E-state index < -0.39 is 21.9 Å². The molecule has 0 bridgehead atoms. The fourth-order valence-corrected chi connectivity index (χ4v) is 6.30. The number of carboxylic acid groups (broad SMARTS) is 1. The lowest BCUT2D eigenvalue weighted by atomic mass is 9.99. The van der Waals surface area contributed by atoms with Crippen LogP contribution >= 0.6 is 11.3 Å². The standard InChI is InChI=1S/C22H19N3O4S2/c26-20(27)22(8-10-29-11-9-22)31(28)16-6-7-17-19(12-16)30-21(24-17)25-13-18(23-14-25)15-4-2-1-3-5-15/h1-7,12-14H,8-11H2,(H,26,27). The molecule has 3 heterocycles. The van der Waals surface area contributed by atoms with E-state index in [1.165, 1.54) is 11.3 Å². The number of ether oxygens (including phenoxy) is 1. The van der Waals surface area contributed by atoms with Gasteiger partial charge in [-0.15, -0.1) is 0 Å². The van der Waals surface area contributed by atoms with Gasteiger partial charge < -0.3 is 14.4 Å². The van der Waals surface area contributed by atoms with Gasteiger partial charge in [-0.25, -0.2) is 14.8 Å². The summed E-state index contributed by atoms with van der Waals surface area (Å²) in [7, 11) is 0. The zero-order valence-corrected chi connectivity index (χ0v) is 18.1. The van der Waals surface area contributed by atoms with Gasteiger partial charge >= 0.3 is 5.97 Å². The summed E-state index contributed by atoms with van der Waals surface area (Å²) in [6.45, 7) is 0.602. The van der Waals surface area contributed by atoms with E-state index in [4.69, 9.17) is 4.74 Å². The molecule has 5 rings (SSSR count). The largest absolute Gasteiger partial charge is 0.611 e. The number of benzene rings is 2. The quantitative estimate of drug-likeness (QED) is 0.460. The minimum Gasteiger partial charge on any atom is -0.611 e. The van der Waals surface area contributed by atoms with Crippen molar-refractivity contribution in [1.29, 1.82) is 0 Å². The number of carboxylic acids is 1.